The highest BCUT2D eigenvalue weighted by Crippen LogP contribution is 2.49. The first-order valence-corrected chi connectivity index (χ1v) is 11.9. The molecule has 0 fully saturated rings. The Hall–Kier alpha value is -4.93. The molecule has 3 amide bonds. The molecule has 6 rings (SSSR count). The molecule has 2 aromatic heterocycles. The van der Waals surface area contributed by atoms with Crippen molar-refractivity contribution in [3.8, 4) is 0 Å². The van der Waals surface area contributed by atoms with Gasteiger partial charge in [0, 0.05) is 48.3 Å². The van der Waals surface area contributed by atoms with Crippen LogP contribution in [0.2, 0.25) is 0 Å². The van der Waals surface area contributed by atoms with Crippen LogP contribution in [-0.2, 0) is 23.3 Å². The number of rotatable bonds is 3. The molecule has 4 aromatic rings. The van der Waals surface area contributed by atoms with E-state index in [1.165, 1.54) is 42.6 Å². The maximum absolute atomic E-state index is 14.8. The Morgan fingerprint density at radius 3 is 2.49 bits per heavy atom. The molecule has 0 bridgehead atoms. The molecule has 194 valence electrons. The summed E-state index contributed by atoms with van der Waals surface area (Å²) in [6.07, 6.45) is 0.678. The zero-order chi connectivity index (χ0) is 27.2. The lowest BCUT2D eigenvalue weighted by molar-refractivity contribution is -0.182. The zero-order valence-corrected chi connectivity index (χ0v) is 20.2. The fourth-order valence-corrected chi connectivity index (χ4v) is 4.90. The molecule has 1 N–H and O–H groups in total. The van der Waals surface area contributed by atoms with Gasteiger partial charge in [-0.25, -0.2) is 4.79 Å². The molecule has 0 spiro atoms. The number of fused-ring (bicyclic) bond motifs is 2. The van der Waals surface area contributed by atoms with Crippen molar-refractivity contribution in [2.75, 3.05) is 5.32 Å². The molecule has 0 unspecified atom stereocenters. The number of alkyl halides is 3. The van der Waals surface area contributed by atoms with E-state index in [1.807, 2.05) is 6.07 Å². The monoisotopic (exact) mass is 528 g/mol. The van der Waals surface area contributed by atoms with Gasteiger partial charge in [0.05, 0.1) is 11.2 Å². The molecule has 11 heteroatoms. The fourth-order valence-electron chi connectivity index (χ4n) is 4.90. The topological polar surface area (TPSA) is 99.9 Å². The number of nitrogens with zero attached hydrogens (tertiary/aromatic N) is 5. The quantitative estimate of drug-likeness (QED) is 0.352. The number of azo groups is 1. The van der Waals surface area contributed by atoms with Gasteiger partial charge in [0.15, 0.2) is 5.41 Å². The van der Waals surface area contributed by atoms with Crippen molar-refractivity contribution in [2.24, 2.45) is 10.2 Å². The normalized spacial score (nSPS) is 18.7. The van der Waals surface area contributed by atoms with Gasteiger partial charge in [-0.2, -0.15) is 13.2 Å². The summed E-state index contributed by atoms with van der Waals surface area (Å²) in [7, 11) is 0. The molecular weight excluding hydrogens is 509 g/mol. The molecule has 1 atom stereocenters. The Kier molecular flexibility index (Phi) is 5.71. The number of urea groups is 1. The number of carbonyl (C=O) groups excluding carboxylic acids is 2. The van der Waals surface area contributed by atoms with Crippen LogP contribution < -0.4 is 5.32 Å². The highest BCUT2D eigenvalue weighted by Gasteiger charge is 2.62. The number of pyridine rings is 2. The van der Waals surface area contributed by atoms with Crippen molar-refractivity contribution in [1.29, 1.82) is 0 Å². The van der Waals surface area contributed by atoms with Crippen molar-refractivity contribution in [3.05, 3.63) is 108 Å². The van der Waals surface area contributed by atoms with E-state index in [9.17, 15) is 22.8 Å². The summed E-state index contributed by atoms with van der Waals surface area (Å²) in [5.41, 5.74) is -0.363. The molecule has 0 saturated carbocycles. The van der Waals surface area contributed by atoms with Crippen molar-refractivity contribution in [3.63, 3.8) is 0 Å². The van der Waals surface area contributed by atoms with E-state index in [1.54, 1.807) is 35.5 Å². The van der Waals surface area contributed by atoms with Crippen LogP contribution in [0.25, 0.3) is 16.6 Å². The summed E-state index contributed by atoms with van der Waals surface area (Å²) in [4.78, 5) is 35.4. The Morgan fingerprint density at radius 2 is 1.72 bits per heavy atom. The Bertz CT molecular complexity index is 1650. The van der Waals surface area contributed by atoms with E-state index in [0.717, 1.165) is 17.2 Å². The second-order valence-electron chi connectivity index (χ2n) is 9.22. The average Bonchev–Trinajstić information content (AvgIpc) is 3.38. The predicted octanol–water partition coefficient (Wildman–Crippen LogP) is 6.01. The summed E-state index contributed by atoms with van der Waals surface area (Å²) < 4.78 is 44.3. The zero-order valence-electron chi connectivity index (χ0n) is 20.2. The van der Waals surface area contributed by atoms with Gasteiger partial charge >= 0.3 is 12.2 Å². The van der Waals surface area contributed by atoms with Gasteiger partial charge in [0.2, 0.25) is 0 Å². The predicted molar refractivity (Wildman–Crippen MR) is 136 cm³/mol. The number of benzene rings is 2. The second-order valence-corrected chi connectivity index (χ2v) is 9.22. The number of hydrogen-bond acceptors (Lipinski definition) is 5. The molecule has 0 radical (unpaired) electrons. The van der Waals surface area contributed by atoms with Gasteiger partial charge in [-0.3, -0.25) is 14.8 Å². The number of carbonyl (C=O) groups is 2. The Labute approximate surface area is 219 Å². The largest absolute Gasteiger partial charge is 0.410 e. The Morgan fingerprint density at radius 1 is 0.923 bits per heavy atom. The summed E-state index contributed by atoms with van der Waals surface area (Å²) in [6, 6.07) is 15.0. The molecule has 4 heterocycles. The molecule has 2 aromatic carbocycles. The lowest BCUT2D eigenvalue weighted by Gasteiger charge is -2.32. The van der Waals surface area contributed by atoms with Crippen molar-refractivity contribution in [1.82, 2.24) is 14.9 Å². The van der Waals surface area contributed by atoms with Crippen LogP contribution in [0.5, 0.6) is 0 Å². The number of halogens is 3. The average molecular weight is 528 g/mol. The minimum atomic E-state index is -5.00. The molecule has 2 aliphatic heterocycles. The summed E-state index contributed by atoms with van der Waals surface area (Å²) in [5.74, 6) is -1.43. The summed E-state index contributed by atoms with van der Waals surface area (Å²) >= 11 is 0. The van der Waals surface area contributed by atoms with Gasteiger partial charge in [0.1, 0.15) is 0 Å². The standard InChI is InChI=1S/C28H19F3N6O2/c29-28(30,31)27(22-4-1-5-23-21(22)3-2-11-33-23)13-24(35-36-25(27)38)17-6-8-20(9-7-17)34-26(39)37-15-18-10-12-32-14-19(18)16-37/h1-14H,15-16H2,(H,34,39)/t27-/m1/s1. The van der Waals surface area contributed by atoms with Crippen molar-refractivity contribution in [2.45, 2.75) is 24.7 Å². The number of anilines is 1. The maximum atomic E-state index is 14.8. The van der Waals surface area contributed by atoms with Gasteiger partial charge in [-0.1, -0.05) is 30.3 Å². The third-order valence-corrected chi connectivity index (χ3v) is 6.90. The summed E-state index contributed by atoms with van der Waals surface area (Å²) in [5, 5.41) is 10.2. The number of nitrogens with one attached hydrogen (secondary N) is 1. The van der Waals surface area contributed by atoms with E-state index in [-0.39, 0.29) is 22.7 Å². The number of amides is 3. The van der Waals surface area contributed by atoms with Crippen LogP contribution in [0.3, 0.4) is 0 Å². The van der Waals surface area contributed by atoms with E-state index in [4.69, 9.17) is 0 Å². The molecular formula is C28H19F3N6O2. The highest BCUT2D eigenvalue weighted by atomic mass is 19.4. The highest BCUT2D eigenvalue weighted by molar-refractivity contribution is 6.00. The first-order valence-electron chi connectivity index (χ1n) is 11.9. The van der Waals surface area contributed by atoms with E-state index in [2.05, 4.69) is 25.5 Å². The number of aromatic nitrogens is 2. The van der Waals surface area contributed by atoms with Crippen LogP contribution >= 0.6 is 0 Å². The van der Waals surface area contributed by atoms with Crippen LogP contribution in [0.4, 0.5) is 23.7 Å². The third-order valence-electron chi connectivity index (χ3n) is 6.90. The first kappa shape index (κ1) is 24.4. The third kappa shape index (κ3) is 4.12. The minimum absolute atomic E-state index is 0.117. The second kappa shape index (κ2) is 9.12. The molecule has 39 heavy (non-hydrogen) atoms. The molecule has 8 nitrogen and oxygen atoms in total. The van der Waals surface area contributed by atoms with E-state index in [0.29, 0.717) is 29.9 Å². The van der Waals surface area contributed by atoms with Gasteiger partial charge < -0.3 is 10.2 Å². The fraction of sp³-hybridized carbons (Fsp3) is 0.143. The van der Waals surface area contributed by atoms with E-state index >= 15 is 0 Å². The van der Waals surface area contributed by atoms with E-state index < -0.39 is 17.5 Å². The van der Waals surface area contributed by atoms with Gasteiger partial charge in [0.25, 0.3) is 5.91 Å². The van der Waals surface area contributed by atoms with Gasteiger partial charge in [-0.15, -0.1) is 10.2 Å². The smallest absolute Gasteiger partial charge is 0.316 e. The lowest BCUT2D eigenvalue weighted by Crippen LogP contribution is -2.48. The van der Waals surface area contributed by atoms with Gasteiger partial charge in [-0.05, 0) is 53.1 Å². The molecule has 2 aliphatic rings. The van der Waals surface area contributed by atoms with Crippen LogP contribution in [-0.4, -0.2) is 33.0 Å². The minimum Gasteiger partial charge on any atom is -0.316 e. The summed E-state index contributed by atoms with van der Waals surface area (Å²) in [6.45, 7) is 0.879. The van der Waals surface area contributed by atoms with Crippen LogP contribution in [0.1, 0.15) is 22.3 Å². The Balaban J connectivity index is 1.31. The first-order chi connectivity index (χ1) is 18.8. The maximum Gasteiger partial charge on any atom is 0.410 e. The number of hydrogen-bond donors (Lipinski definition) is 1. The lowest BCUT2D eigenvalue weighted by atomic mass is 9.75. The van der Waals surface area contributed by atoms with Crippen LogP contribution in [0, 0.1) is 0 Å². The molecule has 0 saturated heterocycles. The van der Waals surface area contributed by atoms with Crippen molar-refractivity contribution >= 4 is 34.2 Å². The SMILES string of the molecule is O=C(Nc1ccc(C2=C[C@](c3cccc4ncccc34)(C(F)(F)F)C(=O)N=N2)cc1)N1Cc2ccncc2C1. The van der Waals surface area contributed by atoms with Crippen LogP contribution in [0.15, 0.2) is 95.6 Å². The van der Waals surface area contributed by atoms with Crippen molar-refractivity contribution < 1.29 is 22.8 Å². The molecule has 0 aliphatic carbocycles.